The molecule has 1 aromatic rings. The lowest BCUT2D eigenvalue weighted by atomic mass is 10.3. The van der Waals surface area contributed by atoms with E-state index >= 15 is 0 Å². The smallest absolute Gasteiger partial charge is 0.242 e. The maximum absolute atomic E-state index is 12.2. The summed E-state index contributed by atoms with van der Waals surface area (Å²) < 4.78 is 27.0. The van der Waals surface area contributed by atoms with E-state index < -0.39 is 10.0 Å². The van der Waals surface area contributed by atoms with Crippen LogP contribution in [-0.2, 0) is 10.0 Å². The third-order valence-electron chi connectivity index (χ3n) is 2.42. The summed E-state index contributed by atoms with van der Waals surface area (Å²) in [6, 6.07) is 6.78. The Balaban J connectivity index is 3.16. The molecule has 0 spiro atoms. The van der Waals surface area contributed by atoms with E-state index in [4.69, 9.17) is 5.73 Å². The highest BCUT2D eigenvalue weighted by Gasteiger charge is 2.20. The minimum atomic E-state index is -3.49. The van der Waals surface area contributed by atoms with E-state index in [1.807, 2.05) is 18.0 Å². The second kappa shape index (κ2) is 6.17. The van der Waals surface area contributed by atoms with Crippen molar-refractivity contribution in [2.24, 2.45) is 5.73 Å². The first kappa shape index (κ1) is 14.9. The molecule has 0 atom stereocenters. The Bertz CT molecular complexity index is 486. The van der Waals surface area contributed by atoms with Crippen LogP contribution < -0.4 is 15.4 Å². The van der Waals surface area contributed by atoms with Crippen molar-refractivity contribution in [3.8, 4) is 0 Å². The Morgan fingerprint density at radius 1 is 1.33 bits per heavy atom. The largest absolute Gasteiger partial charge is 0.372 e. The number of rotatable bonds is 6. The molecule has 0 amide bonds. The molecule has 0 bridgehead atoms. The van der Waals surface area contributed by atoms with Crippen LogP contribution in [0, 0.1) is 0 Å². The normalized spacial score (nSPS) is 11.8. The maximum atomic E-state index is 12.2. The summed E-state index contributed by atoms with van der Waals surface area (Å²) >= 11 is 0. The van der Waals surface area contributed by atoms with E-state index in [0.717, 1.165) is 0 Å². The van der Waals surface area contributed by atoms with Gasteiger partial charge < -0.3 is 10.6 Å². The molecular formula is C12H21N3O2S. The van der Waals surface area contributed by atoms with Crippen LogP contribution >= 0.6 is 0 Å². The van der Waals surface area contributed by atoms with Gasteiger partial charge in [0.15, 0.2) is 0 Å². The van der Waals surface area contributed by atoms with Gasteiger partial charge in [0.1, 0.15) is 4.90 Å². The summed E-state index contributed by atoms with van der Waals surface area (Å²) in [5, 5.41) is 0. The molecule has 0 aliphatic carbocycles. The van der Waals surface area contributed by atoms with E-state index in [9.17, 15) is 8.42 Å². The standard InChI is InChI=1S/C12H21N3O2S/c1-10(2)14-18(16,17)12-7-5-4-6-11(12)15(3)9-8-13/h4-7,10,14H,8-9,13H2,1-3H3. The molecule has 1 rings (SSSR count). The molecule has 0 fully saturated rings. The van der Waals surface area contributed by atoms with Crippen molar-refractivity contribution < 1.29 is 8.42 Å². The van der Waals surface area contributed by atoms with Gasteiger partial charge in [-0.15, -0.1) is 0 Å². The summed E-state index contributed by atoms with van der Waals surface area (Å²) in [5.41, 5.74) is 6.16. The second-order valence-corrected chi connectivity index (χ2v) is 6.14. The highest BCUT2D eigenvalue weighted by molar-refractivity contribution is 7.89. The van der Waals surface area contributed by atoms with E-state index in [1.54, 1.807) is 32.0 Å². The number of anilines is 1. The number of likely N-dealkylation sites (N-methyl/N-ethyl adjacent to an activating group) is 1. The van der Waals surface area contributed by atoms with Crippen molar-refractivity contribution in [2.45, 2.75) is 24.8 Å². The van der Waals surface area contributed by atoms with Gasteiger partial charge in [-0.05, 0) is 26.0 Å². The number of nitrogens with one attached hydrogen (secondary N) is 1. The number of sulfonamides is 1. The van der Waals surface area contributed by atoms with Crippen molar-refractivity contribution in [3.63, 3.8) is 0 Å². The number of nitrogens with two attached hydrogens (primary N) is 1. The first-order valence-electron chi connectivity index (χ1n) is 5.91. The Labute approximate surface area is 109 Å². The Morgan fingerprint density at radius 3 is 2.50 bits per heavy atom. The fourth-order valence-corrected chi connectivity index (χ4v) is 3.19. The van der Waals surface area contributed by atoms with E-state index in [1.165, 1.54) is 0 Å². The van der Waals surface area contributed by atoms with E-state index in [-0.39, 0.29) is 10.9 Å². The zero-order valence-corrected chi connectivity index (χ0v) is 11.9. The Morgan fingerprint density at radius 2 is 1.94 bits per heavy atom. The lowest BCUT2D eigenvalue weighted by molar-refractivity contribution is 0.569. The van der Waals surface area contributed by atoms with Gasteiger partial charge in [0, 0.05) is 26.2 Å². The first-order valence-corrected chi connectivity index (χ1v) is 7.39. The predicted molar refractivity (Wildman–Crippen MR) is 74.2 cm³/mol. The number of benzene rings is 1. The van der Waals surface area contributed by atoms with Crippen molar-refractivity contribution >= 4 is 15.7 Å². The lowest BCUT2D eigenvalue weighted by Crippen LogP contribution is -2.32. The number of para-hydroxylation sites is 1. The Hall–Kier alpha value is -1.11. The molecule has 0 aromatic heterocycles. The summed E-state index contributed by atoms with van der Waals surface area (Å²) in [7, 11) is -1.66. The minimum Gasteiger partial charge on any atom is -0.372 e. The fourth-order valence-electron chi connectivity index (χ4n) is 1.69. The van der Waals surface area contributed by atoms with Crippen molar-refractivity contribution in [2.75, 3.05) is 25.0 Å². The topological polar surface area (TPSA) is 75.4 Å². The number of nitrogens with zero attached hydrogens (tertiary/aromatic N) is 1. The molecule has 0 heterocycles. The molecule has 18 heavy (non-hydrogen) atoms. The minimum absolute atomic E-state index is 0.136. The fraction of sp³-hybridized carbons (Fsp3) is 0.500. The van der Waals surface area contributed by atoms with Crippen molar-refractivity contribution in [3.05, 3.63) is 24.3 Å². The summed E-state index contributed by atoms with van der Waals surface area (Å²) in [5.74, 6) is 0. The van der Waals surface area contributed by atoms with Crippen LogP contribution in [0.15, 0.2) is 29.2 Å². The zero-order chi connectivity index (χ0) is 13.8. The highest BCUT2D eigenvalue weighted by atomic mass is 32.2. The van der Waals surface area contributed by atoms with Crippen LogP contribution in [0.25, 0.3) is 0 Å². The third-order valence-corrected chi connectivity index (χ3v) is 4.13. The molecule has 102 valence electrons. The predicted octanol–water partition coefficient (Wildman–Crippen LogP) is 0.768. The van der Waals surface area contributed by atoms with Crippen molar-refractivity contribution in [1.29, 1.82) is 0 Å². The summed E-state index contributed by atoms with van der Waals surface area (Å²) in [6.07, 6.45) is 0. The quantitative estimate of drug-likeness (QED) is 0.801. The second-order valence-electron chi connectivity index (χ2n) is 4.45. The van der Waals surface area contributed by atoms with Crippen LogP contribution in [0.4, 0.5) is 5.69 Å². The van der Waals surface area contributed by atoms with Gasteiger partial charge in [0.25, 0.3) is 0 Å². The van der Waals surface area contributed by atoms with Gasteiger partial charge in [0.05, 0.1) is 5.69 Å². The third kappa shape index (κ3) is 3.69. The molecule has 3 N–H and O–H groups in total. The lowest BCUT2D eigenvalue weighted by Gasteiger charge is -2.22. The molecule has 0 saturated heterocycles. The average Bonchev–Trinajstić information content (AvgIpc) is 2.27. The monoisotopic (exact) mass is 271 g/mol. The van der Waals surface area contributed by atoms with E-state index in [2.05, 4.69) is 4.72 Å². The van der Waals surface area contributed by atoms with Gasteiger partial charge in [-0.25, -0.2) is 13.1 Å². The molecule has 1 aromatic carbocycles. The molecule has 0 aliphatic rings. The summed E-state index contributed by atoms with van der Waals surface area (Å²) in [6.45, 7) is 4.67. The highest BCUT2D eigenvalue weighted by Crippen LogP contribution is 2.23. The zero-order valence-electron chi connectivity index (χ0n) is 11.1. The van der Waals surface area contributed by atoms with Gasteiger partial charge >= 0.3 is 0 Å². The molecule has 0 radical (unpaired) electrons. The van der Waals surface area contributed by atoms with Gasteiger partial charge in [-0.3, -0.25) is 0 Å². The molecule has 5 nitrogen and oxygen atoms in total. The SMILES string of the molecule is CC(C)NS(=O)(=O)c1ccccc1N(C)CCN. The molecular weight excluding hydrogens is 250 g/mol. The van der Waals surface area contributed by atoms with Crippen LogP contribution in [0.3, 0.4) is 0 Å². The molecule has 0 saturated carbocycles. The molecule has 0 aliphatic heterocycles. The molecule has 0 unspecified atom stereocenters. The molecule has 6 heteroatoms. The van der Waals surface area contributed by atoms with Gasteiger partial charge in [-0.1, -0.05) is 12.1 Å². The number of hydrogen-bond donors (Lipinski definition) is 2. The van der Waals surface area contributed by atoms with Crippen LogP contribution in [0.2, 0.25) is 0 Å². The van der Waals surface area contributed by atoms with Crippen molar-refractivity contribution in [1.82, 2.24) is 4.72 Å². The van der Waals surface area contributed by atoms with Crippen LogP contribution in [0.5, 0.6) is 0 Å². The van der Waals surface area contributed by atoms with Gasteiger partial charge in [0.2, 0.25) is 10.0 Å². The van der Waals surface area contributed by atoms with Gasteiger partial charge in [-0.2, -0.15) is 0 Å². The Kier molecular flexibility index (Phi) is 5.13. The number of hydrogen-bond acceptors (Lipinski definition) is 4. The maximum Gasteiger partial charge on any atom is 0.242 e. The first-order chi connectivity index (χ1) is 8.38. The summed E-state index contributed by atoms with van der Waals surface area (Å²) in [4.78, 5) is 2.13. The van der Waals surface area contributed by atoms with Crippen LogP contribution in [0.1, 0.15) is 13.8 Å². The van der Waals surface area contributed by atoms with Crippen LogP contribution in [-0.4, -0.2) is 34.6 Å². The van der Waals surface area contributed by atoms with E-state index in [0.29, 0.717) is 18.8 Å². The average molecular weight is 271 g/mol.